The molecule has 3 rings (SSSR count). The normalized spacial score (nSPS) is 21.5. The van der Waals surface area contributed by atoms with E-state index in [9.17, 15) is 8.78 Å². The Balaban J connectivity index is 0.00000107. The fourth-order valence-corrected chi connectivity index (χ4v) is 3.82. The molecule has 0 radical (unpaired) electrons. The summed E-state index contributed by atoms with van der Waals surface area (Å²) >= 11 is 0. The molecule has 31 heavy (non-hydrogen) atoms. The fraction of sp³-hybridized carbons (Fsp3) is 0.615. The first-order valence-electron chi connectivity index (χ1n) is 11.7. The minimum absolute atomic E-state index is 0.0429. The molecule has 2 aliphatic rings. The molecule has 0 bridgehead atoms. The van der Waals surface area contributed by atoms with Crippen molar-refractivity contribution >= 4 is 0 Å². The van der Waals surface area contributed by atoms with Gasteiger partial charge in [0.15, 0.2) is 11.7 Å². The number of rotatable bonds is 8. The lowest BCUT2D eigenvalue weighted by Gasteiger charge is -2.29. The lowest BCUT2D eigenvalue weighted by Crippen LogP contribution is -2.24. The van der Waals surface area contributed by atoms with Gasteiger partial charge >= 0.3 is 0 Å². The fourth-order valence-electron chi connectivity index (χ4n) is 3.82. The van der Waals surface area contributed by atoms with Gasteiger partial charge in [-0.2, -0.15) is 0 Å². The molecule has 1 aliphatic carbocycles. The zero-order chi connectivity index (χ0) is 22.6. The highest BCUT2D eigenvalue weighted by Crippen LogP contribution is 2.34. The number of ether oxygens (including phenoxy) is 3. The van der Waals surface area contributed by atoms with Crippen LogP contribution >= 0.6 is 0 Å². The van der Waals surface area contributed by atoms with Crippen LogP contribution < -0.4 is 4.74 Å². The van der Waals surface area contributed by atoms with Crippen molar-refractivity contribution in [2.45, 2.75) is 84.2 Å². The minimum atomic E-state index is -0.905. The van der Waals surface area contributed by atoms with Crippen molar-refractivity contribution in [3.05, 3.63) is 52.8 Å². The summed E-state index contributed by atoms with van der Waals surface area (Å²) in [6, 6.07) is 7.88. The second kappa shape index (κ2) is 13.5. The molecule has 1 saturated heterocycles. The van der Waals surface area contributed by atoms with Crippen LogP contribution in [-0.2, 0) is 9.47 Å². The number of hydrogen-bond acceptors (Lipinski definition) is 3. The monoisotopic (exact) mass is 436 g/mol. The lowest BCUT2D eigenvalue weighted by atomic mass is 9.90. The summed E-state index contributed by atoms with van der Waals surface area (Å²) in [5, 5.41) is 0. The summed E-state index contributed by atoms with van der Waals surface area (Å²) in [6.45, 7) is 7.26. The van der Waals surface area contributed by atoms with E-state index < -0.39 is 11.7 Å². The largest absolute Gasteiger partial charge is 0.498 e. The predicted molar refractivity (Wildman–Crippen MR) is 122 cm³/mol. The summed E-state index contributed by atoms with van der Waals surface area (Å²) in [5.41, 5.74) is 1.57. The van der Waals surface area contributed by atoms with Gasteiger partial charge in [0.1, 0.15) is 18.1 Å². The second-order valence-corrected chi connectivity index (χ2v) is 8.30. The van der Waals surface area contributed by atoms with Crippen LogP contribution in [0, 0.1) is 0 Å². The van der Waals surface area contributed by atoms with E-state index in [4.69, 9.17) is 14.2 Å². The lowest BCUT2D eigenvalue weighted by molar-refractivity contribution is -0.00190. The van der Waals surface area contributed by atoms with Crippen molar-refractivity contribution in [1.82, 2.24) is 0 Å². The molecule has 0 N–H and O–H groups in total. The van der Waals surface area contributed by atoms with Gasteiger partial charge in [-0.25, -0.2) is 8.78 Å². The smallest absolute Gasteiger partial charge is 0.196 e. The predicted octanol–water partition coefficient (Wildman–Crippen LogP) is 7.78. The average molecular weight is 437 g/mol. The Morgan fingerprint density at radius 2 is 1.71 bits per heavy atom. The number of benzene rings is 1. The van der Waals surface area contributed by atoms with Crippen molar-refractivity contribution in [2.75, 3.05) is 20.3 Å². The van der Waals surface area contributed by atoms with Crippen LogP contribution in [0.1, 0.15) is 83.6 Å². The van der Waals surface area contributed by atoms with Crippen LogP contribution in [0.2, 0.25) is 0 Å². The third kappa shape index (κ3) is 7.64. The minimum Gasteiger partial charge on any atom is -0.498 e. The molecule has 1 aliphatic heterocycles. The van der Waals surface area contributed by atoms with Crippen molar-refractivity contribution in [1.29, 1.82) is 0 Å². The maximum absolute atomic E-state index is 14.1. The zero-order valence-electron chi connectivity index (χ0n) is 19.5. The van der Waals surface area contributed by atoms with E-state index in [1.54, 1.807) is 0 Å². The quantitative estimate of drug-likeness (QED) is 0.416. The molecule has 5 heteroatoms. The molecule has 1 aromatic carbocycles. The van der Waals surface area contributed by atoms with E-state index in [0.29, 0.717) is 36.2 Å². The van der Waals surface area contributed by atoms with Gasteiger partial charge in [-0.15, -0.1) is 0 Å². The molecule has 0 aromatic heterocycles. The Morgan fingerprint density at radius 3 is 2.29 bits per heavy atom. The van der Waals surface area contributed by atoms with Crippen LogP contribution in [0.4, 0.5) is 8.78 Å². The highest BCUT2D eigenvalue weighted by molar-refractivity contribution is 5.34. The molecule has 2 unspecified atom stereocenters. The molecule has 1 aromatic rings. The molecule has 1 heterocycles. The van der Waals surface area contributed by atoms with Gasteiger partial charge in [0, 0.05) is 17.9 Å². The van der Waals surface area contributed by atoms with E-state index in [-0.39, 0.29) is 12.4 Å². The van der Waals surface area contributed by atoms with Gasteiger partial charge in [-0.3, -0.25) is 0 Å². The summed E-state index contributed by atoms with van der Waals surface area (Å²) < 4.78 is 44.5. The van der Waals surface area contributed by atoms with Gasteiger partial charge in [-0.05, 0) is 43.4 Å². The molecule has 3 nitrogen and oxygen atoms in total. The van der Waals surface area contributed by atoms with E-state index in [1.165, 1.54) is 31.9 Å². The van der Waals surface area contributed by atoms with E-state index >= 15 is 0 Å². The third-order valence-corrected chi connectivity index (χ3v) is 5.66. The molecule has 2 atom stereocenters. The number of hydrogen-bond donors (Lipinski definition) is 0. The zero-order valence-corrected chi connectivity index (χ0v) is 19.5. The number of allylic oxidation sites excluding steroid dienone is 3. The van der Waals surface area contributed by atoms with E-state index in [1.807, 2.05) is 24.3 Å². The van der Waals surface area contributed by atoms with Crippen molar-refractivity contribution in [3.63, 3.8) is 0 Å². The van der Waals surface area contributed by atoms with Gasteiger partial charge in [0.2, 0.25) is 0 Å². The van der Waals surface area contributed by atoms with Crippen LogP contribution in [0.25, 0.3) is 0 Å². The number of halogens is 2. The molecule has 0 saturated carbocycles. The first-order valence-corrected chi connectivity index (χ1v) is 11.7. The van der Waals surface area contributed by atoms with Crippen LogP contribution in [0.5, 0.6) is 5.75 Å². The third-order valence-electron chi connectivity index (χ3n) is 5.66. The van der Waals surface area contributed by atoms with E-state index in [2.05, 4.69) is 20.8 Å². The topological polar surface area (TPSA) is 27.7 Å². The molecule has 174 valence electrons. The average Bonchev–Trinajstić information content (AvgIpc) is 2.80. The van der Waals surface area contributed by atoms with Gasteiger partial charge in [0.05, 0.1) is 19.8 Å². The summed E-state index contributed by atoms with van der Waals surface area (Å²) in [7, 11) is 1.36. The highest BCUT2D eigenvalue weighted by Gasteiger charge is 2.24. The van der Waals surface area contributed by atoms with Gasteiger partial charge in [0.25, 0.3) is 0 Å². The Bertz CT molecular complexity index is 717. The molecule has 0 spiro atoms. The molecule has 0 amide bonds. The molecular weight excluding hydrogens is 398 g/mol. The van der Waals surface area contributed by atoms with Gasteiger partial charge < -0.3 is 14.2 Å². The van der Waals surface area contributed by atoms with Gasteiger partial charge in [-0.1, -0.05) is 52.2 Å². The van der Waals surface area contributed by atoms with Crippen LogP contribution in [-0.4, -0.2) is 26.4 Å². The molecular formula is C26H38F2O3. The number of methoxy groups -OCH3 is 1. The maximum atomic E-state index is 14.1. The Labute approximate surface area is 186 Å². The van der Waals surface area contributed by atoms with E-state index in [0.717, 1.165) is 25.9 Å². The number of unbranched alkanes of at least 4 members (excludes halogenated alkanes) is 1. The summed E-state index contributed by atoms with van der Waals surface area (Å²) in [4.78, 5) is 0. The maximum Gasteiger partial charge on any atom is 0.196 e. The Morgan fingerprint density at radius 1 is 1.00 bits per heavy atom. The van der Waals surface area contributed by atoms with Crippen molar-refractivity contribution in [3.8, 4) is 5.75 Å². The first-order chi connectivity index (χ1) is 15.0. The first kappa shape index (κ1) is 25.4. The van der Waals surface area contributed by atoms with Crippen LogP contribution in [0.15, 0.2) is 47.3 Å². The van der Waals surface area contributed by atoms with Crippen molar-refractivity contribution in [2.24, 2.45) is 0 Å². The molecule has 1 fully saturated rings. The Kier molecular flexibility index (Phi) is 11.1. The second-order valence-electron chi connectivity index (χ2n) is 8.30. The summed E-state index contributed by atoms with van der Waals surface area (Å²) in [6.07, 6.45) is 8.26. The SMILES string of the molecule is CCC.CCCCC1CCC(c2ccc(OCC3=C(F)C(F)=C(OC)CC3)cc2)CO1. The Hall–Kier alpha value is -1.88. The summed E-state index contributed by atoms with van der Waals surface area (Å²) in [5.74, 6) is -0.619. The van der Waals surface area contributed by atoms with Crippen LogP contribution in [0.3, 0.4) is 0 Å². The standard InChI is InChI=1S/C23H30F2O3.C3H8/c1-3-4-5-19-12-8-17(14-27-19)16-6-10-20(11-7-16)28-15-18-9-13-21(26-2)23(25)22(18)24;1-3-2/h6-7,10-11,17,19H,3-5,8-9,12-15H2,1-2H3;3H2,1-2H3. The van der Waals surface area contributed by atoms with Crippen molar-refractivity contribution < 1.29 is 23.0 Å². The highest BCUT2D eigenvalue weighted by atomic mass is 19.2.